The van der Waals surface area contributed by atoms with Crippen LogP contribution in [0.3, 0.4) is 0 Å². The van der Waals surface area contributed by atoms with Crippen molar-refractivity contribution in [2.45, 2.75) is 18.2 Å². The summed E-state index contributed by atoms with van der Waals surface area (Å²) in [6.45, 7) is 1.93. The number of hydrogen-bond acceptors (Lipinski definition) is 2. The molecule has 0 radical (unpaired) electrons. The average molecular weight is 280 g/mol. The molecule has 2 aromatic rings. The Kier molecular flexibility index (Phi) is 4.38. The van der Waals surface area contributed by atoms with Crippen LogP contribution in [0.25, 0.3) is 0 Å². The average Bonchev–Trinajstić information content (AvgIpc) is 2.46. The fraction of sp³-hybridized carbons (Fsp3) is 0.267. The molecular weight excluding hydrogens is 265 g/mol. The molecule has 0 spiro atoms. The summed E-state index contributed by atoms with van der Waals surface area (Å²) in [6.07, 6.45) is 1.71. The van der Waals surface area contributed by atoms with Crippen molar-refractivity contribution in [3.05, 3.63) is 59.7 Å². The van der Waals surface area contributed by atoms with E-state index in [1.807, 2.05) is 25.1 Å². The van der Waals surface area contributed by atoms with E-state index in [1.54, 1.807) is 18.3 Å². The SMILES string of the molecule is COc1ccc(C(Cl)C(C)c2ccccn2)c(F)c1. The monoisotopic (exact) mass is 279 g/mol. The fourth-order valence-corrected chi connectivity index (χ4v) is 2.23. The van der Waals surface area contributed by atoms with Crippen molar-refractivity contribution < 1.29 is 9.13 Å². The Morgan fingerprint density at radius 2 is 2.05 bits per heavy atom. The van der Waals surface area contributed by atoms with E-state index in [9.17, 15) is 4.39 Å². The van der Waals surface area contributed by atoms with Gasteiger partial charge in [-0.15, -0.1) is 11.6 Å². The second kappa shape index (κ2) is 6.02. The molecule has 1 aromatic carbocycles. The van der Waals surface area contributed by atoms with Gasteiger partial charge in [-0.3, -0.25) is 4.98 Å². The Balaban J connectivity index is 2.26. The minimum absolute atomic E-state index is 0.0780. The first-order chi connectivity index (χ1) is 9.13. The van der Waals surface area contributed by atoms with Gasteiger partial charge >= 0.3 is 0 Å². The number of ether oxygens (including phenoxy) is 1. The zero-order valence-electron chi connectivity index (χ0n) is 10.8. The maximum Gasteiger partial charge on any atom is 0.131 e. The Bertz CT molecular complexity index is 547. The van der Waals surface area contributed by atoms with E-state index in [1.165, 1.54) is 13.2 Å². The normalized spacial score (nSPS) is 13.9. The third-order valence-electron chi connectivity index (χ3n) is 3.10. The highest BCUT2D eigenvalue weighted by atomic mass is 35.5. The third-order valence-corrected chi connectivity index (χ3v) is 3.71. The van der Waals surface area contributed by atoms with Crippen LogP contribution in [0.1, 0.15) is 29.5 Å². The summed E-state index contributed by atoms with van der Waals surface area (Å²) >= 11 is 6.37. The number of rotatable bonds is 4. The summed E-state index contributed by atoms with van der Waals surface area (Å²) in [6, 6.07) is 10.3. The van der Waals surface area contributed by atoms with Crippen LogP contribution in [0.4, 0.5) is 4.39 Å². The van der Waals surface area contributed by atoms with Crippen LogP contribution in [0, 0.1) is 5.82 Å². The Morgan fingerprint density at radius 1 is 1.26 bits per heavy atom. The molecule has 1 heterocycles. The molecule has 0 bridgehead atoms. The quantitative estimate of drug-likeness (QED) is 0.778. The smallest absolute Gasteiger partial charge is 0.131 e. The number of methoxy groups -OCH3 is 1. The van der Waals surface area contributed by atoms with Gasteiger partial charge in [-0.05, 0) is 18.2 Å². The molecule has 0 N–H and O–H groups in total. The van der Waals surface area contributed by atoms with Gasteiger partial charge in [0.25, 0.3) is 0 Å². The van der Waals surface area contributed by atoms with E-state index in [4.69, 9.17) is 16.3 Å². The summed E-state index contributed by atoms with van der Waals surface area (Å²) < 4.78 is 19.0. The van der Waals surface area contributed by atoms with Gasteiger partial charge in [0.05, 0.1) is 12.5 Å². The fourth-order valence-electron chi connectivity index (χ4n) is 1.92. The van der Waals surface area contributed by atoms with Crippen LogP contribution in [-0.2, 0) is 0 Å². The summed E-state index contributed by atoms with van der Waals surface area (Å²) in [7, 11) is 1.50. The third kappa shape index (κ3) is 3.04. The van der Waals surface area contributed by atoms with E-state index >= 15 is 0 Å². The summed E-state index contributed by atoms with van der Waals surface area (Å²) in [5.74, 6) is 0.0449. The number of hydrogen-bond donors (Lipinski definition) is 0. The minimum Gasteiger partial charge on any atom is -0.497 e. The first-order valence-corrected chi connectivity index (χ1v) is 6.45. The molecule has 4 heteroatoms. The summed E-state index contributed by atoms with van der Waals surface area (Å²) in [5.41, 5.74) is 1.30. The van der Waals surface area contributed by atoms with Crippen LogP contribution in [-0.4, -0.2) is 12.1 Å². The lowest BCUT2D eigenvalue weighted by molar-refractivity contribution is 0.410. The highest BCUT2D eigenvalue weighted by molar-refractivity contribution is 6.21. The van der Waals surface area contributed by atoms with Crippen molar-refractivity contribution in [3.63, 3.8) is 0 Å². The van der Waals surface area contributed by atoms with Crippen LogP contribution in [0.2, 0.25) is 0 Å². The van der Waals surface area contributed by atoms with Gasteiger partial charge in [0.2, 0.25) is 0 Å². The molecule has 0 aliphatic rings. The lowest BCUT2D eigenvalue weighted by Gasteiger charge is -2.18. The molecule has 0 aliphatic heterocycles. The van der Waals surface area contributed by atoms with E-state index in [0.717, 1.165) is 5.69 Å². The molecule has 0 fully saturated rings. The van der Waals surface area contributed by atoms with E-state index < -0.39 is 5.38 Å². The molecule has 0 aliphatic carbocycles. The van der Waals surface area contributed by atoms with Crippen LogP contribution >= 0.6 is 11.6 Å². The molecule has 2 atom stereocenters. The minimum atomic E-state index is -0.471. The van der Waals surface area contributed by atoms with Crippen molar-refractivity contribution in [2.75, 3.05) is 7.11 Å². The lowest BCUT2D eigenvalue weighted by atomic mass is 9.96. The molecule has 2 unspecified atom stereocenters. The van der Waals surface area contributed by atoms with Gasteiger partial charge in [-0.2, -0.15) is 0 Å². The topological polar surface area (TPSA) is 22.1 Å². The number of alkyl halides is 1. The van der Waals surface area contributed by atoms with Gasteiger partial charge < -0.3 is 4.74 Å². The highest BCUT2D eigenvalue weighted by Crippen LogP contribution is 2.37. The van der Waals surface area contributed by atoms with Crippen molar-refractivity contribution in [1.82, 2.24) is 4.98 Å². The number of halogens is 2. The molecule has 2 nitrogen and oxygen atoms in total. The Morgan fingerprint density at radius 3 is 2.63 bits per heavy atom. The molecule has 0 amide bonds. The molecule has 0 saturated heterocycles. The first-order valence-electron chi connectivity index (χ1n) is 6.02. The second-order valence-electron chi connectivity index (χ2n) is 4.33. The first kappa shape index (κ1) is 13.8. The largest absolute Gasteiger partial charge is 0.497 e. The van der Waals surface area contributed by atoms with Crippen LogP contribution < -0.4 is 4.74 Å². The Labute approximate surface area is 117 Å². The number of benzene rings is 1. The van der Waals surface area contributed by atoms with E-state index in [2.05, 4.69) is 4.98 Å². The summed E-state index contributed by atoms with van der Waals surface area (Å²) in [4.78, 5) is 4.26. The van der Waals surface area contributed by atoms with Crippen molar-refractivity contribution in [1.29, 1.82) is 0 Å². The summed E-state index contributed by atoms with van der Waals surface area (Å²) in [5, 5.41) is -0.471. The molecule has 19 heavy (non-hydrogen) atoms. The van der Waals surface area contributed by atoms with Crippen LogP contribution in [0.15, 0.2) is 42.6 Å². The lowest BCUT2D eigenvalue weighted by Crippen LogP contribution is -2.06. The predicted molar refractivity (Wildman–Crippen MR) is 74.2 cm³/mol. The van der Waals surface area contributed by atoms with Crippen LogP contribution in [0.5, 0.6) is 5.75 Å². The van der Waals surface area contributed by atoms with Gasteiger partial charge in [0, 0.05) is 29.4 Å². The van der Waals surface area contributed by atoms with Gasteiger partial charge in [0.15, 0.2) is 0 Å². The maximum absolute atomic E-state index is 14.0. The second-order valence-corrected chi connectivity index (χ2v) is 4.80. The van der Waals surface area contributed by atoms with E-state index in [0.29, 0.717) is 11.3 Å². The Hall–Kier alpha value is -1.61. The number of pyridine rings is 1. The zero-order valence-corrected chi connectivity index (χ0v) is 11.6. The number of aromatic nitrogens is 1. The van der Waals surface area contributed by atoms with Crippen molar-refractivity contribution in [2.24, 2.45) is 0 Å². The standard InChI is InChI=1S/C15H15ClFNO/c1-10(14-5-3-4-8-18-14)15(16)12-7-6-11(19-2)9-13(12)17/h3-10,15H,1-2H3. The van der Waals surface area contributed by atoms with E-state index in [-0.39, 0.29) is 11.7 Å². The molecule has 1 aromatic heterocycles. The maximum atomic E-state index is 14.0. The van der Waals surface area contributed by atoms with Crippen molar-refractivity contribution in [3.8, 4) is 5.75 Å². The zero-order chi connectivity index (χ0) is 13.8. The molecule has 0 saturated carbocycles. The van der Waals surface area contributed by atoms with Gasteiger partial charge in [0.1, 0.15) is 11.6 Å². The number of nitrogens with zero attached hydrogens (tertiary/aromatic N) is 1. The molecule has 100 valence electrons. The predicted octanol–water partition coefficient (Wildman–Crippen LogP) is 4.31. The van der Waals surface area contributed by atoms with Gasteiger partial charge in [-0.1, -0.05) is 19.1 Å². The molecule has 2 rings (SSSR count). The van der Waals surface area contributed by atoms with Gasteiger partial charge in [-0.25, -0.2) is 4.39 Å². The molecular formula is C15H15ClFNO. The highest BCUT2D eigenvalue weighted by Gasteiger charge is 2.22. The van der Waals surface area contributed by atoms with Crippen molar-refractivity contribution >= 4 is 11.6 Å².